The van der Waals surface area contributed by atoms with Gasteiger partial charge in [0.15, 0.2) is 17.3 Å². The van der Waals surface area contributed by atoms with Crippen LogP contribution in [-0.2, 0) is 71.7 Å². The van der Waals surface area contributed by atoms with Gasteiger partial charge in [-0.05, 0) is 99.5 Å². The van der Waals surface area contributed by atoms with Crippen LogP contribution in [0.2, 0.25) is 0 Å². The van der Waals surface area contributed by atoms with E-state index in [1.807, 2.05) is 53.7 Å². The lowest BCUT2D eigenvalue weighted by Gasteiger charge is -2.25. The lowest BCUT2D eigenvalue weighted by molar-refractivity contribution is -0.424. The van der Waals surface area contributed by atoms with Crippen LogP contribution in [0.15, 0.2) is 149 Å². The van der Waals surface area contributed by atoms with Crippen molar-refractivity contribution in [2.75, 3.05) is 40.0 Å². The molecule has 8 rings (SSSR count). The maximum Gasteiger partial charge on any atom is 0.326 e. The van der Waals surface area contributed by atoms with E-state index in [2.05, 4.69) is 5.32 Å². The van der Waals surface area contributed by atoms with Crippen molar-refractivity contribution < 1.29 is 75.7 Å². The lowest BCUT2D eigenvalue weighted by atomic mass is 9.81. The second-order valence-corrected chi connectivity index (χ2v) is 27.1. The first-order valence-electron chi connectivity index (χ1n) is 24.1. The number of anilines is 3. The van der Waals surface area contributed by atoms with E-state index in [-0.39, 0.29) is 16.3 Å². The summed E-state index contributed by atoms with van der Waals surface area (Å²) < 4.78 is 141. The molecule has 0 saturated carbocycles. The summed E-state index contributed by atoms with van der Waals surface area (Å²) >= 11 is 0. The Morgan fingerprint density at radius 2 is 1.06 bits per heavy atom. The second kappa shape index (κ2) is 19.8. The fourth-order valence-corrected chi connectivity index (χ4v) is 13.3. The summed E-state index contributed by atoms with van der Waals surface area (Å²) in [5.41, 5.74) is 3.09. The number of nitrogens with one attached hydrogen (secondary N) is 1. The van der Waals surface area contributed by atoms with Gasteiger partial charge in [0.25, 0.3) is 42.1 Å². The molecule has 4 aliphatic heterocycles. The SMILES string of the molecule is CC1(C)C(/C=C/C=C/C=C2/N(CC(=O)O)c3ccc(S(=O)(=O)O)cc3C2(C)C)=[N+](CC(=O)Nc2ccc3c(c2)C(C)(C)/C(=C\C=C\C2=[N+](CS(=O)(=O)O)c4ccccc4C2(C)C)N3CS(=O)(=O)O)c2ccc(S(=O)(=O)O)cc21. The van der Waals surface area contributed by atoms with Crippen LogP contribution in [0.3, 0.4) is 0 Å². The molecule has 20 nitrogen and oxygen atoms in total. The Balaban J connectivity index is 1.11. The molecule has 0 unspecified atom stereocenters. The Bertz CT molecular complexity index is 3960. The van der Waals surface area contributed by atoms with Crippen LogP contribution in [0, 0.1) is 0 Å². The number of nitrogens with zero attached hydrogens (tertiary/aromatic N) is 4. The molecule has 4 heterocycles. The van der Waals surface area contributed by atoms with Crippen LogP contribution in [0.5, 0.6) is 0 Å². The monoisotopic (exact) mass is 1150 g/mol. The number of carboxylic acid groups (broad SMARTS) is 1. The van der Waals surface area contributed by atoms with Crippen LogP contribution in [0.1, 0.15) is 77.6 Å². The Kier molecular flexibility index (Phi) is 14.5. The zero-order valence-electron chi connectivity index (χ0n) is 43.7. The number of amides is 1. The van der Waals surface area contributed by atoms with E-state index < -0.39 is 92.3 Å². The summed E-state index contributed by atoms with van der Waals surface area (Å²) in [6, 6.07) is 20.1. The van der Waals surface area contributed by atoms with Crippen molar-refractivity contribution in [3.63, 3.8) is 0 Å². The van der Waals surface area contributed by atoms with Gasteiger partial charge >= 0.3 is 16.1 Å². The van der Waals surface area contributed by atoms with Crippen molar-refractivity contribution in [2.45, 2.75) is 86.8 Å². The minimum Gasteiger partial charge on any atom is -0.480 e. The molecule has 0 aliphatic carbocycles. The molecule has 24 heteroatoms. The molecule has 0 spiro atoms. The summed E-state index contributed by atoms with van der Waals surface area (Å²) in [4.78, 5) is 28.6. The zero-order chi connectivity index (χ0) is 57.5. The zero-order valence-corrected chi connectivity index (χ0v) is 47.0. The van der Waals surface area contributed by atoms with E-state index >= 15 is 0 Å². The van der Waals surface area contributed by atoms with Gasteiger partial charge in [-0.2, -0.15) is 42.8 Å². The number of rotatable bonds is 16. The summed E-state index contributed by atoms with van der Waals surface area (Å²) in [7, 11) is -18.3. The fourth-order valence-electron chi connectivity index (χ4n) is 11.0. The summed E-state index contributed by atoms with van der Waals surface area (Å²) in [6.45, 7) is 13.9. The maximum absolute atomic E-state index is 14.3. The number of allylic oxidation sites excluding steroid dienone is 10. The molecule has 1 amide bonds. The highest BCUT2D eigenvalue weighted by atomic mass is 32.2. The van der Waals surface area contributed by atoms with Gasteiger partial charge in [0, 0.05) is 74.7 Å². The largest absolute Gasteiger partial charge is 0.480 e. The molecule has 0 bridgehead atoms. The first kappa shape index (κ1) is 57.3. The Morgan fingerprint density at radius 3 is 1.68 bits per heavy atom. The number of hydrogen-bond donors (Lipinski definition) is 6. The average molecular weight is 1150 g/mol. The fraction of sp³-hybridized carbons (Fsp3) is 0.296. The molecule has 0 aromatic heterocycles. The first-order valence-corrected chi connectivity index (χ1v) is 30.2. The summed E-state index contributed by atoms with van der Waals surface area (Å²) in [5.74, 6) is -3.20. The molecule has 0 atom stereocenters. The number of carbonyl (C=O) groups excluding carboxylic acids is 1. The first-order chi connectivity index (χ1) is 35.9. The van der Waals surface area contributed by atoms with Gasteiger partial charge in [-0.1, -0.05) is 70.2 Å². The highest BCUT2D eigenvalue weighted by Gasteiger charge is 2.48. The summed E-state index contributed by atoms with van der Waals surface area (Å²) in [6.07, 6.45) is 13.4. The number of benzene rings is 4. The third kappa shape index (κ3) is 10.9. The smallest absolute Gasteiger partial charge is 0.326 e. The van der Waals surface area contributed by atoms with Crippen LogP contribution >= 0.6 is 0 Å². The maximum atomic E-state index is 14.3. The third-order valence-electron chi connectivity index (χ3n) is 14.7. The Labute approximate surface area is 453 Å². The standard InChI is InChI=1S/C54H57N5O15S4/c1-51(2)37-15-12-13-16-41(37)58(32-75(63,64)65)47(51)19-14-20-48-52(3,4)38-27-34(21-24-44(38)59(48)33-76(66,67)68)55-49(60)30-56-42-25-22-35(77(69,70)71)28-39(42)53(5,6)45(56)17-10-9-11-18-46-54(7,8)40-29-36(78(72,73)74)23-26-43(40)57(46)31-50(61)62/h9-29H,30-33H2,1-8H3,(H4-2,55,60,61,62,63,64,65,66,67,68,69,70,71,72,73,74)/p+2. The van der Waals surface area contributed by atoms with Crippen LogP contribution < -0.4 is 15.1 Å². The van der Waals surface area contributed by atoms with E-state index in [0.717, 1.165) is 5.56 Å². The van der Waals surface area contributed by atoms with Crippen molar-refractivity contribution in [3.8, 4) is 0 Å². The van der Waals surface area contributed by atoms with Gasteiger partial charge in [0.1, 0.15) is 6.54 Å². The van der Waals surface area contributed by atoms with Crippen molar-refractivity contribution in [2.24, 2.45) is 0 Å². The van der Waals surface area contributed by atoms with E-state index in [9.17, 15) is 66.6 Å². The van der Waals surface area contributed by atoms with E-state index in [1.165, 1.54) is 50.8 Å². The van der Waals surface area contributed by atoms with Crippen LogP contribution in [0.25, 0.3) is 0 Å². The molecule has 0 radical (unpaired) electrons. The number of carboxylic acids is 1. The topological polar surface area (TPSA) is 296 Å². The van der Waals surface area contributed by atoms with Gasteiger partial charge in [0.2, 0.25) is 17.9 Å². The number of carbonyl (C=O) groups is 2. The minimum atomic E-state index is -4.64. The van der Waals surface area contributed by atoms with Gasteiger partial charge in [-0.3, -0.25) is 27.8 Å². The average Bonchev–Trinajstić information content (AvgIpc) is 3.98. The molecule has 6 N–H and O–H groups in total. The molecule has 4 aromatic rings. The predicted molar refractivity (Wildman–Crippen MR) is 295 cm³/mol. The molecule has 412 valence electrons. The molecule has 78 heavy (non-hydrogen) atoms. The van der Waals surface area contributed by atoms with Crippen molar-refractivity contribution in [3.05, 3.63) is 161 Å². The highest BCUT2D eigenvalue weighted by Crippen LogP contribution is 2.51. The molecular weight excluding hydrogens is 1090 g/mol. The van der Waals surface area contributed by atoms with Crippen molar-refractivity contribution in [1.29, 1.82) is 0 Å². The predicted octanol–water partition coefficient (Wildman–Crippen LogP) is 7.38. The van der Waals surface area contributed by atoms with Gasteiger partial charge < -0.3 is 20.2 Å². The molecule has 4 aliphatic rings. The number of para-hydroxylation sites is 1. The quantitative estimate of drug-likeness (QED) is 0.0362. The number of fused-ring (bicyclic) bond motifs is 4. The van der Waals surface area contributed by atoms with Crippen LogP contribution in [-0.4, -0.2) is 114 Å². The van der Waals surface area contributed by atoms with Gasteiger partial charge in [-0.15, -0.1) is 0 Å². The second-order valence-electron chi connectivity index (χ2n) is 21.4. The van der Waals surface area contributed by atoms with E-state index in [4.69, 9.17) is 0 Å². The van der Waals surface area contributed by atoms with E-state index in [1.54, 1.807) is 97.4 Å². The van der Waals surface area contributed by atoms with Crippen LogP contribution in [0.4, 0.5) is 28.4 Å². The molecule has 0 saturated heterocycles. The van der Waals surface area contributed by atoms with Gasteiger partial charge in [0.05, 0.1) is 20.6 Å². The Hall–Kier alpha value is -6.90. The number of aliphatic carboxylic acids is 1. The molecule has 0 fully saturated rings. The van der Waals surface area contributed by atoms with Crippen molar-refractivity contribution in [1.82, 2.24) is 0 Å². The highest BCUT2D eigenvalue weighted by molar-refractivity contribution is 7.86. The normalized spacial score (nSPS) is 19.4. The van der Waals surface area contributed by atoms with E-state index in [0.29, 0.717) is 67.9 Å². The summed E-state index contributed by atoms with van der Waals surface area (Å²) in [5, 5.41) is 12.8. The molecule has 4 aromatic carbocycles. The minimum absolute atomic E-state index is 0.309. The number of hydrogen-bond acceptors (Lipinski definition) is 12. The third-order valence-corrected chi connectivity index (χ3v) is 17.6. The van der Waals surface area contributed by atoms with Crippen molar-refractivity contribution >= 4 is 92.2 Å². The van der Waals surface area contributed by atoms with Gasteiger partial charge in [-0.25, -0.2) is 0 Å². The Morgan fingerprint density at radius 1 is 0.551 bits per heavy atom. The lowest BCUT2D eigenvalue weighted by Crippen LogP contribution is -2.31. The molecular formula is C54H59N5O15S4+2.